The average molecular weight is 464 g/mol. The zero-order valence-corrected chi connectivity index (χ0v) is 21.0. The van der Waals surface area contributed by atoms with Gasteiger partial charge in [-0.15, -0.1) is 0 Å². The van der Waals surface area contributed by atoms with Crippen molar-refractivity contribution in [1.29, 1.82) is 0 Å². The normalized spacial score (nSPS) is 10.9. The third-order valence-electron chi connectivity index (χ3n) is 5.83. The van der Waals surface area contributed by atoms with Gasteiger partial charge in [0.2, 0.25) is 5.91 Å². The van der Waals surface area contributed by atoms with Crippen LogP contribution in [-0.4, -0.2) is 21.2 Å². The van der Waals surface area contributed by atoms with E-state index in [0.717, 1.165) is 46.3 Å². The van der Waals surface area contributed by atoms with Gasteiger partial charge in [0.25, 0.3) is 5.56 Å². The molecule has 0 saturated carbocycles. The minimum Gasteiger partial charge on any atom is -0.326 e. The standard InChI is InChI=1S/C27H33N3O2S/c1-18-9-8-10-22(15-18)17-24-21(4)28-27(30(5)26(24)32)33-14-7-6-11-25(31)29-23-13-12-19(2)20(3)16-23/h8-10,12-13,15-16H,6-7,11,14,17H2,1-5H3,(H,29,31). The number of aryl methyl sites for hydroxylation is 4. The first-order valence-corrected chi connectivity index (χ1v) is 12.3. The topological polar surface area (TPSA) is 64.0 Å². The van der Waals surface area contributed by atoms with Crippen LogP contribution < -0.4 is 10.9 Å². The van der Waals surface area contributed by atoms with Crippen molar-refractivity contribution in [3.63, 3.8) is 0 Å². The zero-order valence-electron chi connectivity index (χ0n) is 20.2. The minimum absolute atomic E-state index is 0.0132. The Morgan fingerprint density at radius 2 is 1.82 bits per heavy atom. The molecule has 0 aliphatic rings. The number of rotatable bonds is 9. The lowest BCUT2D eigenvalue weighted by Crippen LogP contribution is -2.25. The highest BCUT2D eigenvalue weighted by Gasteiger charge is 2.13. The fourth-order valence-electron chi connectivity index (χ4n) is 3.68. The summed E-state index contributed by atoms with van der Waals surface area (Å²) in [5, 5.41) is 3.70. The van der Waals surface area contributed by atoms with Crippen LogP contribution in [0.5, 0.6) is 0 Å². The molecule has 5 nitrogen and oxygen atoms in total. The Balaban J connectivity index is 1.50. The van der Waals surface area contributed by atoms with Gasteiger partial charge in [-0.05, 0) is 69.4 Å². The molecule has 0 unspecified atom stereocenters. The molecule has 174 valence electrons. The van der Waals surface area contributed by atoms with E-state index in [4.69, 9.17) is 4.98 Å². The van der Waals surface area contributed by atoms with Crippen LogP contribution in [0.3, 0.4) is 0 Å². The van der Waals surface area contributed by atoms with Crippen molar-refractivity contribution in [1.82, 2.24) is 9.55 Å². The zero-order chi connectivity index (χ0) is 24.0. The Labute approximate surface area is 200 Å². The number of carbonyl (C=O) groups excluding carboxylic acids is 1. The van der Waals surface area contributed by atoms with Gasteiger partial charge in [-0.1, -0.05) is 47.7 Å². The summed E-state index contributed by atoms with van der Waals surface area (Å²) in [5.41, 5.74) is 7.08. The van der Waals surface area contributed by atoms with Gasteiger partial charge in [0.15, 0.2) is 5.16 Å². The number of nitrogens with zero attached hydrogens (tertiary/aromatic N) is 2. The number of amides is 1. The molecule has 1 amide bonds. The number of thioether (sulfide) groups is 1. The Bertz CT molecular complexity index is 1200. The van der Waals surface area contributed by atoms with Crippen LogP contribution in [0.1, 0.15) is 52.8 Å². The molecule has 0 saturated heterocycles. The summed E-state index contributed by atoms with van der Waals surface area (Å²) in [6.07, 6.45) is 2.75. The maximum Gasteiger partial charge on any atom is 0.257 e. The highest BCUT2D eigenvalue weighted by atomic mass is 32.2. The van der Waals surface area contributed by atoms with E-state index < -0.39 is 0 Å². The maximum absolute atomic E-state index is 13.0. The van der Waals surface area contributed by atoms with Gasteiger partial charge in [0, 0.05) is 42.6 Å². The van der Waals surface area contributed by atoms with Crippen molar-refractivity contribution in [2.45, 2.75) is 58.5 Å². The fraction of sp³-hybridized carbons (Fsp3) is 0.370. The SMILES string of the molecule is Cc1cccc(Cc2c(C)nc(SCCCCC(=O)Nc3ccc(C)c(C)c3)n(C)c2=O)c1. The highest BCUT2D eigenvalue weighted by Crippen LogP contribution is 2.19. The third kappa shape index (κ3) is 6.81. The van der Waals surface area contributed by atoms with E-state index in [9.17, 15) is 9.59 Å². The lowest BCUT2D eigenvalue weighted by Gasteiger charge is -2.12. The molecule has 2 aromatic carbocycles. The van der Waals surface area contributed by atoms with Gasteiger partial charge in [-0.3, -0.25) is 14.2 Å². The predicted molar refractivity (Wildman–Crippen MR) is 137 cm³/mol. The molecule has 0 atom stereocenters. The van der Waals surface area contributed by atoms with E-state index in [0.29, 0.717) is 12.8 Å². The van der Waals surface area contributed by atoms with Gasteiger partial charge in [-0.2, -0.15) is 0 Å². The van der Waals surface area contributed by atoms with Crippen molar-refractivity contribution in [3.05, 3.63) is 86.3 Å². The predicted octanol–water partition coefficient (Wildman–Crippen LogP) is 5.51. The minimum atomic E-state index is 0.0132. The summed E-state index contributed by atoms with van der Waals surface area (Å²) in [4.78, 5) is 29.9. The molecule has 1 N–H and O–H groups in total. The molecule has 6 heteroatoms. The van der Waals surface area contributed by atoms with Crippen molar-refractivity contribution in [3.8, 4) is 0 Å². The summed E-state index contributed by atoms with van der Waals surface area (Å²) in [6, 6.07) is 14.2. The second kappa shape index (κ2) is 11.3. The number of carbonyl (C=O) groups is 1. The fourth-order valence-corrected chi connectivity index (χ4v) is 4.69. The van der Waals surface area contributed by atoms with Crippen LogP contribution in [0.25, 0.3) is 0 Å². The molecule has 0 spiro atoms. The number of nitrogens with one attached hydrogen (secondary N) is 1. The van der Waals surface area contributed by atoms with Gasteiger partial charge >= 0.3 is 0 Å². The summed E-state index contributed by atoms with van der Waals surface area (Å²) in [7, 11) is 1.79. The molecule has 0 aliphatic carbocycles. The first-order valence-electron chi connectivity index (χ1n) is 11.4. The molecule has 0 fully saturated rings. The van der Waals surface area contributed by atoms with Gasteiger partial charge in [0.05, 0.1) is 0 Å². The summed E-state index contributed by atoms with van der Waals surface area (Å²) in [6.45, 7) is 8.07. The van der Waals surface area contributed by atoms with Crippen LogP contribution in [0.15, 0.2) is 52.4 Å². The largest absolute Gasteiger partial charge is 0.326 e. The lowest BCUT2D eigenvalue weighted by atomic mass is 10.0. The van der Waals surface area contributed by atoms with Gasteiger partial charge in [-0.25, -0.2) is 4.98 Å². The van der Waals surface area contributed by atoms with Crippen LogP contribution in [-0.2, 0) is 18.3 Å². The second-order valence-electron chi connectivity index (χ2n) is 8.64. The Morgan fingerprint density at radius 1 is 1.03 bits per heavy atom. The number of anilines is 1. The molecule has 0 radical (unpaired) electrons. The van der Waals surface area contributed by atoms with E-state index in [-0.39, 0.29) is 11.5 Å². The smallest absolute Gasteiger partial charge is 0.257 e. The highest BCUT2D eigenvalue weighted by molar-refractivity contribution is 7.99. The number of aromatic nitrogens is 2. The number of unbranched alkanes of at least 4 members (excludes halogenated alkanes) is 1. The molecular weight excluding hydrogens is 430 g/mol. The van der Waals surface area contributed by atoms with E-state index >= 15 is 0 Å². The monoisotopic (exact) mass is 463 g/mol. The van der Waals surface area contributed by atoms with Crippen molar-refractivity contribution in [2.75, 3.05) is 11.1 Å². The molecule has 3 aromatic rings. The molecule has 3 rings (SSSR count). The summed E-state index contributed by atoms with van der Waals surface area (Å²) < 4.78 is 1.65. The van der Waals surface area contributed by atoms with E-state index in [1.165, 1.54) is 16.7 Å². The van der Waals surface area contributed by atoms with Gasteiger partial charge in [0.1, 0.15) is 0 Å². The third-order valence-corrected chi connectivity index (χ3v) is 6.95. The van der Waals surface area contributed by atoms with E-state index in [1.807, 2.05) is 44.2 Å². The first-order chi connectivity index (χ1) is 15.7. The summed E-state index contributed by atoms with van der Waals surface area (Å²) >= 11 is 1.57. The molecular formula is C27H33N3O2S. The quantitative estimate of drug-likeness (QED) is 0.258. The van der Waals surface area contributed by atoms with E-state index in [2.05, 4.69) is 31.3 Å². The molecule has 1 aromatic heterocycles. The van der Waals surface area contributed by atoms with Crippen molar-refractivity contribution < 1.29 is 4.79 Å². The number of benzene rings is 2. The van der Waals surface area contributed by atoms with Crippen LogP contribution in [0.4, 0.5) is 5.69 Å². The van der Waals surface area contributed by atoms with E-state index in [1.54, 1.807) is 23.4 Å². The number of hydrogen-bond acceptors (Lipinski definition) is 4. The molecule has 0 aliphatic heterocycles. The molecule has 33 heavy (non-hydrogen) atoms. The van der Waals surface area contributed by atoms with Crippen molar-refractivity contribution >= 4 is 23.4 Å². The first kappa shape index (κ1) is 24.8. The van der Waals surface area contributed by atoms with Gasteiger partial charge < -0.3 is 5.32 Å². The second-order valence-corrected chi connectivity index (χ2v) is 9.70. The lowest BCUT2D eigenvalue weighted by molar-refractivity contribution is -0.116. The molecule has 1 heterocycles. The maximum atomic E-state index is 13.0. The number of hydrogen-bond donors (Lipinski definition) is 1. The average Bonchev–Trinajstić information content (AvgIpc) is 2.77. The Morgan fingerprint density at radius 3 is 2.55 bits per heavy atom. The van der Waals surface area contributed by atoms with Crippen LogP contribution >= 0.6 is 11.8 Å². The Hall–Kier alpha value is -2.86. The Kier molecular flexibility index (Phi) is 8.50. The van der Waals surface area contributed by atoms with Crippen LogP contribution in [0.2, 0.25) is 0 Å². The van der Waals surface area contributed by atoms with Crippen LogP contribution in [0, 0.1) is 27.7 Å². The summed E-state index contributed by atoms with van der Waals surface area (Å²) in [5.74, 6) is 0.846. The molecule has 0 bridgehead atoms. The van der Waals surface area contributed by atoms with Crippen molar-refractivity contribution in [2.24, 2.45) is 7.05 Å².